The molecule has 0 aliphatic heterocycles. The molecule has 0 fully saturated rings. The number of nitrogens with one attached hydrogen (secondary N) is 1. The number of fused-ring (bicyclic) bond motifs is 1. The third-order valence-electron chi connectivity index (χ3n) is 3.86. The van der Waals surface area contributed by atoms with Crippen LogP contribution in [0.4, 0.5) is 0 Å². The molecular weight excluding hydrogens is 244 g/mol. The van der Waals surface area contributed by atoms with Crippen molar-refractivity contribution in [2.45, 2.75) is 31.2 Å². The lowest BCUT2D eigenvalue weighted by molar-refractivity contribution is 0.391. The van der Waals surface area contributed by atoms with Gasteiger partial charge in [-0.2, -0.15) is 5.10 Å². The van der Waals surface area contributed by atoms with Crippen molar-refractivity contribution >= 4 is 11.3 Å². The Hall–Kier alpha value is -1.17. The smallest absolute Gasteiger partial charge is 0.0697 e. The Morgan fingerprint density at radius 3 is 3.17 bits per heavy atom. The Kier molecular flexibility index (Phi) is 3.20. The van der Waals surface area contributed by atoms with E-state index in [1.165, 1.54) is 29.7 Å². The van der Waals surface area contributed by atoms with Gasteiger partial charge in [-0.3, -0.25) is 16.0 Å². The molecule has 2 aromatic rings. The zero-order chi connectivity index (χ0) is 12.5. The van der Waals surface area contributed by atoms with E-state index in [1.807, 2.05) is 35.3 Å². The Morgan fingerprint density at radius 2 is 2.44 bits per heavy atom. The second-order valence-electron chi connectivity index (χ2n) is 4.82. The molecule has 1 aliphatic carbocycles. The van der Waals surface area contributed by atoms with Crippen molar-refractivity contribution in [3.8, 4) is 0 Å². The summed E-state index contributed by atoms with van der Waals surface area (Å²) in [6.45, 7) is 0. The van der Waals surface area contributed by atoms with Crippen LogP contribution in [0.2, 0.25) is 0 Å². The third kappa shape index (κ3) is 1.88. The highest BCUT2D eigenvalue weighted by molar-refractivity contribution is 7.10. The summed E-state index contributed by atoms with van der Waals surface area (Å²) in [7, 11) is 1.97. The topological polar surface area (TPSA) is 55.9 Å². The van der Waals surface area contributed by atoms with E-state index in [2.05, 4.69) is 22.0 Å². The molecule has 18 heavy (non-hydrogen) atoms. The second kappa shape index (κ2) is 4.84. The number of hydrazine groups is 1. The van der Waals surface area contributed by atoms with Gasteiger partial charge in [0.05, 0.1) is 11.7 Å². The molecule has 0 radical (unpaired) electrons. The van der Waals surface area contributed by atoms with E-state index < -0.39 is 0 Å². The highest BCUT2D eigenvalue weighted by atomic mass is 32.1. The molecule has 3 rings (SSSR count). The fourth-order valence-corrected chi connectivity index (χ4v) is 3.96. The number of nitrogens with zero attached hydrogens (tertiary/aromatic N) is 2. The maximum atomic E-state index is 5.80. The first-order chi connectivity index (χ1) is 8.81. The minimum atomic E-state index is 0.145. The standard InChI is InChI=1S/C13H18N4S/c1-17-11(5-7-15-17)13(16-14)10-3-2-4-12-9(10)6-8-18-12/h5-8,10,13,16H,2-4,14H2,1H3. The highest BCUT2D eigenvalue weighted by Crippen LogP contribution is 2.41. The maximum absolute atomic E-state index is 5.80. The zero-order valence-corrected chi connectivity index (χ0v) is 11.3. The minimum Gasteiger partial charge on any atom is -0.271 e. The number of rotatable bonds is 3. The van der Waals surface area contributed by atoms with E-state index in [-0.39, 0.29) is 6.04 Å². The van der Waals surface area contributed by atoms with Crippen LogP contribution in [0.1, 0.15) is 40.9 Å². The molecule has 3 N–H and O–H groups in total. The number of thiophene rings is 1. The quantitative estimate of drug-likeness (QED) is 0.658. The number of aryl methyl sites for hydroxylation is 2. The van der Waals surface area contributed by atoms with Crippen molar-refractivity contribution in [1.29, 1.82) is 0 Å². The Labute approximate surface area is 111 Å². The fraction of sp³-hybridized carbons (Fsp3) is 0.462. The first kappa shape index (κ1) is 11.9. The van der Waals surface area contributed by atoms with Gasteiger partial charge in [-0.15, -0.1) is 11.3 Å². The molecule has 0 aromatic carbocycles. The predicted molar refractivity (Wildman–Crippen MR) is 73.3 cm³/mol. The summed E-state index contributed by atoms with van der Waals surface area (Å²) in [6.07, 6.45) is 5.47. The molecule has 0 amide bonds. The van der Waals surface area contributed by atoms with Crippen LogP contribution < -0.4 is 11.3 Å². The Morgan fingerprint density at radius 1 is 1.56 bits per heavy atom. The monoisotopic (exact) mass is 262 g/mol. The summed E-state index contributed by atoms with van der Waals surface area (Å²) in [5, 5.41) is 6.44. The molecule has 0 saturated heterocycles. The number of hydrogen-bond acceptors (Lipinski definition) is 4. The summed E-state index contributed by atoms with van der Waals surface area (Å²) in [5.74, 6) is 6.26. The molecule has 4 nitrogen and oxygen atoms in total. The molecule has 2 atom stereocenters. The first-order valence-corrected chi connectivity index (χ1v) is 7.19. The molecule has 0 spiro atoms. The SMILES string of the molecule is Cn1nccc1C(NN)C1CCCc2sccc21. The van der Waals surface area contributed by atoms with Gasteiger partial charge in [-0.1, -0.05) is 0 Å². The molecule has 5 heteroatoms. The van der Waals surface area contributed by atoms with E-state index >= 15 is 0 Å². The average Bonchev–Trinajstić information content (AvgIpc) is 3.00. The fourth-order valence-electron chi connectivity index (χ4n) is 2.97. The van der Waals surface area contributed by atoms with E-state index in [0.717, 1.165) is 5.69 Å². The lowest BCUT2D eigenvalue weighted by Crippen LogP contribution is -2.35. The largest absolute Gasteiger partial charge is 0.271 e. The molecule has 2 heterocycles. The third-order valence-corrected chi connectivity index (χ3v) is 4.85. The summed E-state index contributed by atoms with van der Waals surface area (Å²) < 4.78 is 1.91. The van der Waals surface area contributed by atoms with Gasteiger partial charge in [0.2, 0.25) is 0 Å². The van der Waals surface area contributed by atoms with Crippen molar-refractivity contribution in [3.05, 3.63) is 39.8 Å². The highest BCUT2D eigenvalue weighted by Gasteiger charge is 2.30. The molecular formula is C13H18N4S. The summed E-state index contributed by atoms with van der Waals surface area (Å²) in [6, 6.07) is 4.45. The molecule has 96 valence electrons. The first-order valence-electron chi connectivity index (χ1n) is 6.31. The lowest BCUT2D eigenvalue weighted by Gasteiger charge is -2.30. The van der Waals surface area contributed by atoms with Gasteiger partial charge in [0.15, 0.2) is 0 Å². The van der Waals surface area contributed by atoms with Gasteiger partial charge in [0.25, 0.3) is 0 Å². The van der Waals surface area contributed by atoms with Crippen molar-refractivity contribution in [2.24, 2.45) is 12.9 Å². The van der Waals surface area contributed by atoms with Gasteiger partial charge in [0, 0.05) is 24.0 Å². The summed E-state index contributed by atoms with van der Waals surface area (Å²) >= 11 is 1.87. The molecule has 0 saturated carbocycles. The number of aromatic nitrogens is 2. The molecule has 2 unspecified atom stereocenters. The van der Waals surface area contributed by atoms with Crippen LogP contribution in [-0.2, 0) is 13.5 Å². The van der Waals surface area contributed by atoms with Gasteiger partial charge in [-0.05, 0) is 42.3 Å². The van der Waals surface area contributed by atoms with E-state index in [4.69, 9.17) is 5.84 Å². The molecule has 2 aromatic heterocycles. The normalized spacial score (nSPS) is 20.7. The van der Waals surface area contributed by atoms with Crippen LogP contribution in [-0.4, -0.2) is 9.78 Å². The van der Waals surface area contributed by atoms with Crippen LogP contribution >= 0.6 is 11.3 Å². The van der Waals surface area contributed by atoms with Gasteiger partial charge >= 0.3 is 0 Å². The van der Waals surface area contributed by atoms with E-state index in [0.29, 0.717) is 5.92 Å². The van der Waals surface area contributed by atoms with Crippen LogP contribution in [0.3, 0.4) is 0 Å². The minimum absolute atomic E-state index is 0.145. The van der Waals surface area contributed by atoms with Crippen LogP contribution in [0.15, 0.2) is 23.7 Å². The van der Waals surface area contributed by atoms with E-state index in [9.17, 15) is 0 Å². The predicted octanol–water partition coefficient (Wildman–Crippen LogP) is 2.11. The number of hydrogen-bond donors (Lipinski definition) is 2. The summed E-state index contributed by atoms with van der Waals surface area (Å²) in [5.41, 5.74) is 5.61. The van der Waals surface area contributed by atoms with Crippen LogP contribution in [0, 0.1) is 0 Å². The maximum Gasteiger partial charge on any atom is 0.0697 e. The zero-order valence-electron chi connectivity index (χ0n) is 10.5. The molecule has 0 bridgehead atoms. The summed E-state index contributed by atoms with van der Waals surface area (Å²) in [4.78, 5) is 1.52. The molecule has 1 aliphatic rings. The van der Waals surface area contributed by atoms with Crippen LogP contribution in [0.25, 0.3) is 0 Å². The van der Waals surface area contributed by atoms with Crippen molar-refractivity contribution < 1.29 is 0 Å². The van der Waals surface area contributed by atoms with Gasteiger partial charge in [-0.25, -0.2) is 0 Å². The lowest BCUT2D eigenvalue weighted by atomic mass is 9.81. The van der Waals surface area contributed by atoms with Crippen molar-refractivity contribution in [2.75, 3.05) is 0 Å². The van der Waals surface area contributed by atoms with Crippen molar-refractivity contribution in [3.63, 3.8) is 0 Å². The van der Waals surface area contributed by atoms with Gasteiger partial charge < -0.3 is 0 Å². The Bertz CT molecular complexity index is 531. The second-order valence-corrected chi connectivity index (χ2v) is 5.82. The Balaban J connectivity index is 1.97. The average molecular weight is 262 g/mol. The van der Waals surface area contributed by atoms with Gasteiger partial charge in [0.1, 0.15) is 0 Å². The number of nitrogens with two attached hydrogens (primary N) is 1. The van der Waals surface area contributed by atoms with Crippen molar-refractivity contribution in [1.82, 2.24) is 15.2 Å². The van der Waals surface area contributed by atoms with Crippen LogP contribution in [0.5, 0.6) is 0 Å². The van der Waals surface area contributed by atoms with E-state index in [1.54, 1.807) is 0 Å².